The van der Waals surface area contributed by atoms with Crippen LogP contribution in [0, 0.1) is 5.92 Å². The maximum atomic E-state index is 13.4. The molecule has 1 heterocycles. The Balaban J connectivity index is 1.33. The number of carbonyl (C=O) groups excluding carboxylic acids is 2. The molecular formula is C29H32BrN5O3S. The number of allylic oxidation sites excluding steroid dienone is 3. The molecule has 0 spiro atoms. The summed E-state index contributed by atoms with van der Waals surface area (Å²) >= 11 is 8.93. The Morgan fingerprint density at radius 3 is 2.44 bits per heavy atom. The van der Waals surface area contributed by atoms with Crippen molar-refractivity contribution in [2.75, 3.05) is 25.0 Å². The van der Waals surface area contributed by atoms with Crippen molar-refractivity contribution >= 4 is 56.5 Å². The molecule has 1 unspecified atom stereocenters. The van der Waals surface area contributed by atoms with E-state index >= 15 is 0 Å². The smallest absolute Gasteiger partial charge is 0.309 e. The van der Waals surface area contributed by atoms with Gasteiger partial charge in [0.05, 0.1) is 18.2 Å². The number of piperidine rings is 1. The molecule has 1 fully saturated rings. The molecule has 39 heavy (non-hydrogen) atoms. The Morgan fingerprint density at radius 1 is 1.08 bits per heavy atom. The molecule has 204 valence electrons. The molecule has 2 aromatic carbocycles. The molecule has 10 heteroatoms. The predicted octanol–water partition coefficient (Wildman–Crippen LogP) is 5.07. The minimum Gasteiger partial charge on any atom is -0.466 e. The van der Waals surface area contributed by atoms with Crippen LogP contribution >= 0.6 is 28.1 Å². The van der Waals surface area contributed by atoms with Crippen LogP contribution in [0.3, 0.4) is 0 Å². The van der Waals surface area contributed by atoms with Crippen molar-refractivity contribution in [3.63, 3.8) is 0 Å². The number of hydrazone groups is 1. The molecule has 1 aliphatic carbocycles. The van der Waals surface area contributed by atoms with Crippen LogP contribution in [0.25, 0.3) is 0 Å². The Hall–Kier alpha value is -3.50. The zero-order valence-corrected chi connectivity index (χ0v) is 24.1. The second-order valence-electron chi connectivity index (χ2n) is 9.21. The van der Waals surface area contributed by atoms with Gasteiger partial charge in [-0.1, -0.05) is 52.3 Å². The molecule has 1 amide bonds. The van der Waals surface area contributed by atoms with E-state index in [9.17, 15) is 9.59 Å². The topological polar surface area (TPSA) is 95.1 Å². The second kappa shape index (κ2) is 14.0. The lowest BCUT2D eigenvalue weighted by atomic mass is 9.98. The van der Waals surface area contributed by atoms with Crippen LogP contribution < -0.4 is 16.0 Å². The first-order valence-corrected chi connectivity index (χ1v) is 14.2. The van der Waals surface area contributed by atoms with E-state index < -0.39 is 6.04 Å². The maximum Gasteiger partial charge on any atom is 0.309 e. The molecule has 0 saturated carbocycles. The van der Waals surface area contributed by atoms with Gasteiger partial charge < -0.3 is 20.7 Å². The van der Waals surface area contributed by atoms with Crippen LogP contribution in [-0.4, -0.2) is 47.4 Å². The molecule has 1 saturated heterocycles. The maximum absolute atomic E-state index is 13.4. The van der Waals surface area contributed by atoms with Gasteiger partial charge in [0.1, 0.15) is 6.04 Å². The molecule has 1 atom stereocenters. The molecule has 3 N–H and O–H groups in total. The normalized spacial score (nSPS) is 17.2. The monoisotopic (exact) mass is 609 g/mol. The van der Waals surface area contributed by atoms with E-state index in [-0.39, 0.29) is 17.8 Å². The third kappa shape index (κ3) is 8.49. The number of anilines is 1. The van der Waals surface area contributed by atoms with Crippen LogP contribution in [0.2, 0.25) is 0 Å². The summed E-state index contributed by atoms with van der Waals surface area (Å²) in [4.78, 5) is 25.3. The minimum atomic E-state index is -0.688. The van der Waals surface area contributed by atoms with E-state index in [0.29, 0.717) is 36.9 Å². The molecule has 0 aromatic heterocycles. The highest BCUT2D eigenvalue weighted by Crippen LogP contribution is 2.20. The van der Waals surface area contributed by atoms with Crippen LogP contribution in [0.1, 0.15) is 37.8 Å². The number of benzene rings is 2. The van der Waals surface area contributed by atoms with Gasteiger partial charge in [0.15, 0.2) is 5.11 Å². The highest BCUT2D eigenvalue weighted by atomic mass is 79.9. The zero-order valence-electron chi connectivity index (χ0n) is 21.7. The Kier molecular flexibility index (Phi) is 10.3. The van der Waals surface area contributed by atoms with Crippen molar-refractivity contribution < 1.29 is 14.3 Å². The van der Waals surface area contributed by atoms with Gasteiger partial charge in [-0.25, -0.2) is 0 Å². The zero-order chi connectivity index (χ0) is 27.6. The Morgan fingerprint density at radius 2 is 1.79 bits per heavy atom. The number of esters is 1. The second-order valence-corrected chi connectivity index (χ2v) is 10.5. The minimum absolute atomic E-state index is 0.0471. The number of ether oxygens (including phenoxy) is 1. The fraction of sp³-hybridized carbons (Fsp3) is 0.310. The van der Waals surface area contributed by atoms with Crippen molar-refractivity contribution in [3.8, 4) is 0 Å². The van der Waals surface area contributed by atoms with E-state index in [1.54, 1.807) is 0 Å². The number of nitrogens with zero attached hydrogens (tertiary/aromatic N) is 2. The van der Waals surface area contributed by atoms with Gasteiger partial charge in [0.2, 0.25) is 0 Å². The number of carbonyl (C=O) groups is 2. The van der Waals surface area contributed by atoms with E-state index in [1.165, 1.54) is 0 Å². The molecular weight excluding hydrogens is 578 g/mol. The SMILES string of the molecule is CCOC(=O)C1CCN(N=C2C=CC(NC(=O)C(NC(=S)Nc3ccc(Br)cc3)c3ccccc3)=CC2)CC1. The lowest BCUT2D eigenvalue weighted by molar-refractivity contribution is -0.149. The molecule has 1 aliphatic heterocycles. The summed E-state index contributed by atoms with van der Waals surface area (Å²) in [5.41, 5.74) is 3.22. The lowest BCUT2D eigenvalue weighted by Gasteiger charge is -2.29. The van der Waals surface area contributed by atoms with Gasteiger partial charge in [-0.15, -0.1) is 0 Å². The number of hydrogen-bond acceptors (Lipinski definition) is 6. The number of thiocarbonyl (C=S) groups is 1. The third-order valence-corrected chi connectivity index (χ3v) is 7.14. The van der Waals surface area contributed by atoms with Crippen molar-refractivity contribution in [1.82, 2.24) is 15.6 Å². The summed E-state index contributed by atoms with van der Waals surface area (Å²) in [5, 5.41) is 16.4. The quantitative estimate of drug-likeness (QED) is 0.284. The average Bonchev–Trinajstić information content (AvgIpc) is 2.95. The van der Waals surface area contributed by atoms with Crippen LogP contribution in [-0.2, 0) is 14.3 Å². The summed E-state index contributed by atoms with van der Waals surface area (Å²) in [6, 6.07) is 16.4. The van der Waals surface area contributed by atoms with Crippen LogP contribution in [0.4, 0.5) is 5.69 Å². The van der Waals surface area contributed by atoms with Crippen molar-refractivity contribution in [3.05, 3.63) is 88.6 Å². The number of hydrogen-bond donors (Lipinski definition) is 3. The molecule has 2 aliphatic rings. The first kappa shape index (κ1) is 28.5. The summed E-state index contributed by atoms with van der Waals surface area (Å²) in [7, 11) is 0. The number of nitrogens with one attached hydrogen (secondary N) is 3. The van der Waals surface area contributed by atoms with Crippen molar-refractivity contribution in [1.29, 1.82) is 0 Å². The van der Waals surface area contributed by atoms with Gasteiger partial charge in [0, 0.05) is 35.4 Å². The summed E-state index contributed by atoms with van der Waals surface area (Å²) in [6.07, 6.45) is 7.79. The first-order chi connectivity index (χ1) is 18.9. The van der Waals surface area contributed by atoms with Crippen molar-refractivity contribution in [2.45, 2.75) is 32.2 Å². The van der Waals surface area contributed by atoms with E-state index in [1.807, 2.05) is 84.8 Å². The van der Waals surface area contributed by atoms with Gasteiger partial charge >= 0.3 is 5.97 Å². The van der Waals surface area contributed by atoms with Crippen LogP contribution in [0.5, 0.6) is 0 Å². The molecule has 0 bridgehead atoms. The largest absolute Gasteiger partial charge is 0.466 e. The Labute approximate surface area is 242 Å². The lowest BCUT2D eigenvalue weighted by Crippen LogP contribution is -2.41. The molecule has 0 radical (unpaired) electrons. The number of rotatable bonds is 8. The molecule has 8 nitrogen and oxygen atoms in total. The van der Waals surface area contributed by atoms with Gasteiger partial charge in [0.25, 0.3) is 5.91 Å². The van der Waals surface area contributed by atoms with E-state index in [0.717, 1.165) is 34.3 Å². The van der Waals surface area contributed by atoms with Gasteiger partial charge in [-0.2, -0.15) is 5.10 Å². The average molecular weight is 611 g/mol. The standard InChI is InChI=1S/C29H32BrN5O3S/c1-2-38-28(37)21-16-18-35(19-17-21)34-25-14-12-23(13-15-25)31-27(36)26(20-6-4-3-5-7-20)33-29(39)32-24-10-8-22(30)9-11-24/h3-14,21,26H,2,15-19H2,1H3,(H,31,36)(H2,32,33,39). The molecule has 4 rings (SSSR count). The van der Waals surface area contributed by atoms with Gasteiger partial charge in [-0.3, -0.25) is 14.6 Å². The number of amides is 1. The fourth-order valence-electron chi connectivity index (χ4n) is 4.34. The highest BCUT2D eigenvalue weighted by Gasteiger charge is 2.26. The van der Waals surface area contributed by atoms with Crippen molar-refractivity contribution in [2.24, 2.45) is 11.0 Å². The highest BCUT2D eigenvalue weighted by molar-refractivity contribution is 9.10. The number of halogens is 1. The van der Waals surface area contributed by atoms with E-state index in [4.69, 9.17) is 22.1 Å². The van der Waals surface area contributed by atoms with Crippen LogP contribution in [0.15, 0.2) is 88.1 Å². The molecule has 2 aromatic rings. The summed E-state index contributed by atoms with van der Waals surface area (Å²) in [6.45, 7) is 3.67. The summed E-state index contributed by atoms with van der Waals surface area (Å²) in [5.74, 6) is -0.383. The Bertz CT molecular complexity index is 1260. The van der Waals surface area contributed by atoms with E-state index in [2.05, 4.69) is 31.9 Å². The fourth-order valence-corrected chi connectivity index (χ4v) is 4.84. The van der Waals surface area contributed by atoms with Gasteiger partial charge in [-0.05, 0) is 74.0 Å². The third-order valence-electron chi connectivity index (χ3n) is 6.39. The first-order valence-electron chi connectivity index (χ1n) is 13.0. The summed E-state index contributed by atoms with van der Waals surface area (Å²) < 4.78 is 6.11. The predicted molar refractivity (Wildman–Crippen MR) is 161 cm³/mol.